The first kappa shape index (κ1) is 19.0. The molecular formula is C18H21Cl2N3O3. The second-order valence-corrected chi connectivity index (χ2v) is 7.94. The molecule has 1 saturated heterocycles. The third-order valence-corrected chi connectivity index (χ3v) is 5.61. The number of nitrogens with one attached hydrogen (secondary N) is 2. The van der Waals surface area contributed by atoms with Gasteiger partial charge in [0.25, 0.3) is 5.91 Å². The Morgan fingerprint density at radius 2 is 1.81 bits per heavy atom. The topological polar surface area (TPSA) is 78.5 Å². The van der Waals surface area contributed by atoms with E-state index in [9.17, 15) is 14.4 Å². The van der Waals surface area contributed by atoms with Crippen molar-refractivity contribution in [3.8, 4) is 0 Å². The van der Waals surface area contributed by atoms with Gasteiger partial charge in [-0.3, -0.25) is 14.5 Å². The highest BCUT2D eigenvalue weighted by Crippen LogP contribution is 2.36. The fraction of sp³-hybridized carbons (Fsp3) is 0.500. The van der Waals surface area contributed by atoms with Gasteiger partial charge in [0.15, 0.2) is 0 Å². The lowest BCUT2D eigenvalue weighted by Gasteiger charge is -2.34. The van der Waals surface area contributed by atoms with Crippen LogP contribution in [0.1, 0.15) is 39.0 Å². The Labute approximate surface area is 162 Å². The van der Waals surface area contributed by atoms with E-state index >= 15 is 0 Å². The molecule has 8 heteroatoms. The van der Waals surface area contributed by atoms with Gasteiger partial charge < -0.3 is 10.6 Å². The molecule has 140 valence electrons. The molecular weight excluding hydrogens is 377 g/mol. The molecule has 0 unspecified atom stereocenters. The third kappa shape index (κ3) is 3.81. The summed E-state index contributed by atoms with van der Waals surface area (Å²) in [5, 5.41) is 6.18. The molecule has 2 N–H and O–H groups in total. The van der Waals surface area contributed by atoms with Crippen molar-refractivity contribution in [2.24, 2.45) is 5.92 Å². The lowest BCUT2D eigenvalue weighted by atomic mass is 9.75. The molecule has 4 amide bonds. The minimum Gasteiger partial charge on any atom is -0.324 e. The van der Waals surface area contributed by atoms with E-state index in [4.69, 9.17) is 23.2 Å². The fourth-order valence-corrected chi connectivity index (χ4v) is 4.31. The van der Waals surface area contributed by atoms with Gasteiger partial charge in [-0.15, -0.1) is 0 Å². The summed E-state index contributed by atoms with van der Waals surface area (Å²) in [4.78, 5) is 38.4. The largest absolute Gasteiger partial charge is 0.325 e. The first-order valence-corrected chi connectivity index (χ1v) is 9.45. The second kappa shape index (κ2) is 7.45. The van der Waals surface area contributed by atoms with Gasteiger partial charge in [0.05, 0.1) is 0 Å². The number of hydrogen-bond acceptors (Lipinski definition) is 3. The Kier molecular flexibility index (Phi) is 5.44. The van der Waals surface area contributed by atoms with Gasteiger partial charge in [-0.1, -0.05) is 42.5 Å². The first-order valence-electron chi connectivity index (χ1n) is 8.69. The maximum atomic E-state index is 12.9. The number of halogens is 2. The number of imide groups is 1. The molecule has 1 saturated carbocycles. The summed E-state index contributed by atoms with van der Waals surface area (Å²) in [7, 11) is 0. The Hall–Kier alpha value is -1.79. The smallest absolute Gasteiger partial charge is 0.324 e. The summed E-state index contributed by atoms with van der Waals surface area (Å²) < 4.78 is 0. The van der Waals surface area contributed by atoms with E-state index in [1.807, 2.05) is 0 Å². The Balaban J connectivity index is 1.68. The van der Waals surface area contributed by atoms with Crippen LogP contribution in [0.3, 0.4) is 0 Å². The fourth-order valence-electron chi connectivity index (χ4n) is 3.79. The van der Waals surface area contributed by atoms with Crippen LogP contribution in [-0.2, 0) is 9.59 Å². The summed E-state index contributed by atoms with van der Waals surface area (Å²) in [6.45, 7) is 1.41. The van der Waals surface area contributed by atoms with Crippen LogP contribution in [0.25, 0.3) is 0 Å². The molecule has 1 atom stereocenters. The number of rotatable bonds is 4. The normalized spacial score (nSPS) is 23.9. The van der Waals surface area contributed by atoms with Crippen molar-refractivity contribution >= 4 is 46.7 Å². The summed E-state index contributed by atoms with van der Waals surface area (Å²) in [5.74, 6) is -0.721. The van der Waals surface area contributed by atoms with Crippen molar-refractivity contribution in [1.29, 1.82) is 0 Å². The van der Waals surface area contributed by atoms with Crippen molar-refractivity contribution in [2.45, 2.75) is 44.6 Å². The lowest BCUT2D eigenvalue weighted by Crippen LogP contribution is -2.51. The van der Waals surface area contributed by atoms with Gasteiger partial charge in [-0.2, -0.15) is 0 Å². The monoisotopic (exact) mass is 397 g/mol. The van der Waals surface area contributed by atoms with Crippen molar-refractivity contribution in [2.75, 3.05) is 11.9 Å². The number of nitrogens with zero attached hydrogens (tertiary/aromatic N) is 1. The van der Waals surface area contributed by atoms with Crippen molar-refractivity contribution < 1.29 is 14.4 Å². The number of urea groups is 1. The second-order valence-electron chi connectivity index (χ2n) is 7.07. The molecule has 1 aliphatic heterocycles. The standard InChI is InChI=1S/C18H21Cl2N3O3/c1-18(11-5-3-2-4-6-11)16(25)23(17(26)22-18)10-15(24)21-14-8-12(19)7-13(20)9-14/h7-9,11H,2-6,10H2,1H3,(H,21,24)(H,22,26)/t18-/m0/s1. The molecule has 3 rings (SSSR count). The molecule has 1 aromatic rings. The molecule has 2 fully saturated rings. The average Bonchev–Trinajstić information content (AvgIpc) is 2.79. The molecule has 1 heterocycles. The minimum atomic E-state index is -0.933. The third-order valence-electron chi connectivity index (χ3n) is 5.17. The van der Waals surface area contributed by atoms with Crippen LogP contribution in [0.5, 0.6) is 0 Å². The summed E-state index contributed by atoms with van der Waals surface area (Å²) in [6, 6.07) is 4.11. The zero-order valence-electron chi connectivity index (χ0n) is 14.5. The predicted octanol–water partition coefficient (Wildman–Crippen LogP) is 3.82. The van der Waals surface area contributed by atoms with Crippen LogP contribution in [0.15, 0.2) is 18.2 Å². The summed E-state index contributed by atoms with van der Waals surface area (Å²) >= 11 is 11.8. The maximum Gasteiger partial charge on any atom is 0.325 e. The molecule has 2 aliphatic rings. The molecule has 0 radical (unpaired) electrons. The average molecular weight is 398 g/mol. The molecule has 0 bridgehead atoms. The van der Waals surface area contributed by atoms with E-state index in [0.29, 0.717) is 15.7 Å². The van der Waals surface area contributed by atoms with Gasteiger partial charge in [-0.05, 0) is 43.9 Å². The first-order chi connectivity index (χ1) is 12.3. The van der Waals surface area contributed by atoms with Crippen molar-refractivity contribution in [1.82, 2.24) is 10.2 Å². The van der Waals surface area contributed by atoms with E-state index in [1.54, 1.807) is 25.1 Å². The lowest BCUT2D eigenvalue weighted by molar-refractivity contribution is -0.135. The number of amides is 4. The summed E-state index contributed by atoms with van der Waals surface area (Å²) in [5.41, 5.74) is -0.522. The maximum absolute atomic E-state index is 12.9. The zero-order chi connectivity index (χ0) is 18.9. The van der Waals surface area contributed by atoms with Gasteiger partial charge in [0, 0.05) is 15.7 Å². The number of benzene rings is 1. The number of carbonyl (C=O) groups is 3. The highest BCUT2D eigenvalue weighted by molar-refractivity contribution is 6.35. The van der Waals surface area contributed by atoms with Crippen LogP contribution >= 0.6 is 23.2 Å². The number of hydrogen-bond donors (Lipinski definition) is 2. The minimum absolute atomic E-state index is 0.104. The molecule has 1 aliphatic carbocycles. The highest BCUT2D eigenvalue weighted by Gasteiger charge is 2.52. The van der Waals surface area contributed by atoms with Gasteiger partial charge >= 0.3 is 6.03 Å². The predicted molar refractivity (Wildman–Crippen MR) is 100 cm³/mol. The Bertz CT molecular complexity index is 729. The molecule has 26 heavy (non-hydrogen) atoms. The van der Waals surface area contributed by atoms with Crippen LogP contribution in [0.4, 0.5) is 10.5 Å². The van der Waals surface area contributed by atoms with Gasteiger partial charge in [0.1, 0.15) is 12.1 Å². The van der Waals surface area contributed by atoms with Crippen LogP contribution < -0.4 is 10.6 Å². The van der Waals surface area contributed by atoms with Crippen molar-refractivity contribution in [3.63, 3.8) is 0 Å². The number of carbonyl (C=O) groups excluding carboxylic acids is 3. The molecule has 6 nitrogen and oxygen atoms in total. The van der Waals surface area contributed by atoms with E-state index in [2.05, 4.69) is 10.6 Å². The Morgan fingerprint density at radius 1 is 1.19 bits per heavy atom. The molecule has 0 aromatic heterocycles. The van der Waals surface area contributed by atoms with E-state index in [0.717, 1.165) is 37.0 Å². The SMILES string of the molecule is C[C@@]1(C2CCCCC2)NC(=O)N(CC(=O)Nc2cc(Cl)cc(Cl)c2)C1=O. The zero-order valence-corrected chi connectivity index (χ0v) is 16.0. The van der Waals surface area contributed by atoms with Gasteiger partial charge in [-0.25, -0.2) is 4.79 Å². The van der Waals surface area contributed by atoms with E-state index < -0.39 is 17.5 Å². The van der Waals surface area contributed by atoms with Crippen LogP contribution in [-0.4, -0.2) is 34.8 Å². The Morgan fingerprint density at radius 3 is 2.42 bits per heavy atom. The van der Waals surface area contributed by atoms with Gasteiger partial charge in [0.2, 0.25) is 5.91 Å². The van der Waals surface area contributed by atoms with Crippen LogP contribution in [0, 0.1) is 5.92 Å². The highest BCUT2D eigenvalue weighted by atomic mass is 35.5. The van der Waals surface area contributed by atoms with Crippen LogP contribution in [0.2, 0.25) is 10.0 Å². The summed E-state index contributed by atoms with van der Waals surface area (Å²) in [6.07, 6.45) is 5.08. The van der Waals surface area contributed by atoms with Crippen molar-refractivity contribution in [3.05, 3.63) is 28.2 Å². The molecule has 0 spiro atoms. The van der Waals surface area contributed by atoms with E-state index in [-0.39, 0.29) is 18.4 Å². The molecule has 1 aromatic carbocycles. The number of anilines is 1. The quantitative estimate of drug-likeness (QED) is 0.757. The van der Waals surface area contributed by atoms with E-state index in [1.165, 1.54) is 0 Å².